The molecular weight excluding hydrogens is 391 g/mol. The average Bonchev–Trinajstić information content (AvgIpc) is 2.71. The van der Waals surface area contributed by atoms with Gasteiger partial charge in [-0.15, -0.1) is 0 Å². The maximum atomic E-state index is 13.3. The zero-order valence-electron chi connectivity index (χ0n) is 17.8. The first-order chi connectivity index (χ1) is 13.3. The van der Waals surface area contributed by atoms with E-state index in [0.717, 1.165) is 7.11 Å². The standard InChI is InChI=1S/C17H39N2O8P/c1-6-16(7-2,14-22)18(10-12-20)26-28(24,25-5)27-19(11-13-21)17(8-3,9-4)15-23/h20-23H,6-15H2,1-5H3. The smallest absolute Gasteiger partial charge is 0.395 e. The van der Waals surface area contributed by atoms with E-state index in [1.54, 1.807) is 0 Å². The maximum absolute atomic E-state index is 13.3. The van der Waals surface area contributed by atoms with Gasteiger partial charge in [0.1, 0.15) is 0 Å². The van der Waals surface area contributed by atoms with Crippen molar-refractivity contribution in [3.05, 3.63) is 0 Å². The van der Waals surface area contributed by atoms with E-state index in [9.17, 15) is 25.0 Å². The highest BCUT2D eigenvalue weighted by Crippen LogP contribution is 2.53. The maximum Gasteiger partial charge on any atom is 0.508 e. The van der Waals surface area contributed by atoms with Crippen molar-refractivity contribution >= 4 is 7.82 Å². The van der Waals surface area contributed by atoms with Crippen molar-refractivity contribution in [1.82, 2.24) is 10.1 Å². The van der Waals surface area contributed by atoms with E-state index in [4.69, 9.17) is 13.8 Å². The van der Waals surface area contributed by atoms with E-state index < -0.39 is 18.9 Å². The number of hydrogen-bond donors (Lipinski definition) is 4. The molecule has 28 heavy (non-hydrogen) atoms. The van der Waals surface area contributed by atoms with E-state index in [0.29, 0.717) is 25.7 Å². The van der Waals surface area contributed by atoms with Crippen LogP contribution in [0.15, 0.2) is 0 Å². The lowest BCUT2D eigenvalue weighted by Gasteiger charge is -2.43. The first-order valence-electron chi connectivity index (χ1n) is 9.80. The third-order valence-corrected chi connectivity index (χ3v) is 6.75. The van der Waals surface area contributed by atoms with Crippen LogP contribution >= 0.6 is 7.82 Å². The Labute approximate surface area is 168 Å². The van der Waals surface area contributed by atoms with E-state index in [-0.39, 0.29) is 39.5 Å². The second-order valence-corrected chi connectivity index (χ2v) is 8.21. The van der Waals surface area contributed by atoms with Gasteiger partial charge in [0.2, 0.25) is 0 Å². The Bertz CT molecular complexity index is 408. The van der Waals surface area contributed by atoms with E-state index >= 15 is 0 Å². The van der Waals surface area contributed by atoms with Gasteiger partial charge in [-0.05, 0) is 25.7 Å². The SMILES string of the molecule is CCC(CC)(CO)N(CCO)OP(=O)(OC)ON(CCO)C(CC)(CC)CO. The Morgan fingerprint density at radius 3 is 1.25 bits per heavy atom. The third-order valence-electron chi connectivity index (χ3n) is 5.51. The molecular formula is C17H39N2O8P. The predicted molar refractivity (Wildman–Crippen MR) is 105 cm³/mol. The van der Waals surface area contributed by atoms with Gasteiger partial charge in [-0.25, -0.2) is 4.57 Å². The number of rotatable bonds is 17. The van der Waals surface area contributed by atoms with Crippen LogP contribution in [-0.2, 0) is 18.3 Å². The summed E-state index contributed by atoms with van der Waals surface area (Å²) in [6.45, 7) is 6.17. The van der Waals surface area contributed by atoms with Crippen LogP contribution in [0.5, 0.6) is 0 Å². The molecule has 10 nitrogen and oxygen atoms in total. The Kier molecular flexibility index (Phi) is 13.2. The van der Waals surface area contributed by atoms with Crippen LogP contribution < -0.4 is 0 Å². The first kappa shape index (κ1) is 27.9. The van der Waals surface area contributed by atoms with Crippen molar-refractivity contribution in [1.29, 1.82) is 0 Å². The molecule has 0 aromatic rings. The van der Waals surface area contributed by atoms with Crippen molar-refractivity contribution in [3.63, 3.8) is 0 Å². The van der Waals surface area contributed by atoms with Crippen LogP contribution in [0.25, 0.3) is 0 Å². The molecule has 0 atom stereocenters. The fourth-order valence-corrected chi connectivity index (χ4v) is 4.20. The minimum Gasteiger partial charge on any atom is -0.395 e. The minimum atomic E-state index is -4.24. The van der Waals surface area contributed by atoms with E-state index in [1.807, 2.05) is 27.7 Å². The zero-order chi connectivity index (χ0) is 21.8. The second kappa shape index (κ2) is 13.2. The second-order valence-electron chi connectivity index (χ2n) is 6.62. The van der Waals surface area contributed by atoms with Crippen LogP contribution in [0.4, 0.5) is 0 Å². The molecule has 0 radical (unpaired) electrons. The molecule has 0 aliphatic heterocycles. The van der Waals surface area contributed by atoms with Gasteiger partial charge in [0, 0.05) is 20.2 Å². The van der Waals surface area contributed by atoms with Crippen LogP contribution in [-0.4, -0.2) is 88.3 Å². The fraction of sp³-hybridized carbons (Fsp3) is 1.00. The van der Waals surface area contributed by atoms with Crippen molar-refractivity contribution in [2.45, 2.75) is 64.5 Å². The number of aliphatic hydroxyl groups is 4. The normalized spacial score (nSPS) is 13.7. The Balaban J connectivity index is 5.84. The molecule has 0 heterocycles. The van der Waals surface area contributed by atoms with Crippen molar-refractivity contribution in [3.8, 4) is 0 Å². The van der Waals surface area contributed by atoms with Crippen LogP contribution in [0.1, 0.15) is 53.4 Å². The fourth-order valence-electron chi connectivity index (χ4n) is 3.04. The summed E-state index contributed by atoms with van der Waals surface area (Å²) in [6.07, 6.45) is 1.87. The molecule has 0 rings (SSSR count). The quantitative estimate of drug-likeness (QED) is 0.198. The number of β-amino-alcohol motifs (C(OH)–C–C–N with tert-alkyl or cyclic N) is 2. The van der Waals surface area contributed by atoms with E-state index in [2.05, 4.69) is 0 Å². The van der Waals surface area contributed by atoms with Crippen molar-refractivity contribution in [2.24, 2.45) is 0 Å². The zero-order valence-corrected chi connectivity index (χ0v) is 18.7. The molecule has 0 aliphatic rings. The highest BCUT2D eigenvalue weighted by atomic mass is 31.2. The lowest BCUT2D eigenvalue weighted by atomic mass is 9.93. The highest BCUT2D eigenvalue weighted by Gasteiger charge is 2.44. The molecule has 170 valence electrons. The number of aliphatic hydroxyl groups excluding tert-OH is 4. The van der Waals surface area contributed by atoms with Crippen LogP contribution in [0, 0.1) is 0 Å². The molecule has 11 heteroatoms. The Hall–Kier alpha value is -0.130. The number of hydroxylamine groups is 4. The molecule has 0 amide bonds. The van der Waals surface area contributed by atoms with Crippen LogP contribution in [0.2, 0.25) is 0 Å². The molecule has 0 fully saturated rings. The molecule has 0 bridgehead atoms. The summed E-state index contributed by atoms with van der Waals surface area (Å²) in [6, 6.07) is 0. The number of phosphoric acid groups is 1. The van der Waals surface area contributed by atoms with Crippen molar-refractivity contribution < 1.29 is 38.8 Å². The average molecular weight is 430 g/mol. The van der Waals surface area contributed by atoms with Gasteiger partial charge >= 0.3 is 7.82 Å². The molecule has 0 aliphatic carbocycles. The molecule has 0 saturated heterocycles. The van der Waals surface area contributed by atoms with Gasteiger partial charge in [-0.2, -0.15) is 19.4 Å². The minimum absolute atomic E-state index is 0.0222. The lowest BCUT2D eigenvalue weighted by molar-refractivity contribution is -0.226. The predicted octanol–water partition coefficient (Wildman–Crippen LogP) is 1.29. The molecule has 0 aromatic heterocycles. The van der Waals surface area contributed by atoms with Gasteiger partial charge in [0.25, 0.3) is 0 Å². The largest absolute Gasteiger partial charge is 0.508 e. The Morgan fingerprint density at radius 1 is 0.750 bits per heavy atom. The first-order valence-corrected chi connectivity index (χ1v) is 11.3. The summed E-state index contributed by atoms with van der Waals surface area (Å²) < 4.78 is 29.5. The van der Waals surface area contributed by atoms with Crippen LogP contribution in [0.3, 0.4) is 0 Å². The van der Waals surface area contributed by atoms with Gasteiger partial charge in [-0.3, -0.25) is 4.52 Å². The number of hydrogen-bond acceptors (Lipinski definition) is 10. The van der Waals surface area contributed by atoms with Gasteiger partial charge in [0.05, 0.1) is 37.5 Å². The molecule has 0 unspecified atom stereocenters. The molecule has 0 saturated carbocycles. The summed E-state index contributed by atoms with van der Waals surface area (Å²) in [4.78, 5) is 0. The number of nitrogens with zero attached hydrogens (tertiary/aromatic N) is 2. The van der Waals surface area contributed by atoms with Crippen molar-refractivity contribution in [2.75, 3.05) is 46.6 Å². The summed E-state index contributed by atoms with van der Waals surface area (Å²) >= 11 is 0. The monoisotopic (exact) mass is 430 g/mol. The topological polar surface area (TPSA) is 132 Å². The Morgan fingerprint density at radius 2 is 1.07 bits per heavy atom. The summed E-state index contributed by atoms with van der Waals surface area (Å²) in [5, 5.41) is 41.1. The van der Waals surface area contributed by atoms with Gasteiger partial charge < -0.3 is 20.4 Å². The van der Waals surface area contributed by atoms with Gasteiger partial charge in [0.15, 0.2) is 0 Å². The summed E-state index contributed by atoms with van der Waals surface area (Å²) in [7, 11) is -3.08. The summed E-state index contributed by atoms with van der Waals surface area (Å²) in [5.74, 6) is 0. The molecule has 4 N–H and O–H groups in total. The lowest BCUT2D eigenvalue weighted by Crippen LogP contribution is -2.53. The molecule has 0 spiro atoms. The molecule has 0 aromatic carbocycles. The van der Waals surface area contributed by atoms with Gasteiger partial charge in [-0.1, -0.05) is 27.7 Å². The summed E-state index contributed by atoms with van der Waals surface area (Å²) in [5.41, 5.74) is -1.77. The van der Waals surface area contributed by atoms with E-state index in [1.165, 1.54) is 10.1 Å². The third kappa shape index (κ3) is 6.70. The highest BCUT2D eigenvalue weighted by molar-refractivity contribution is 7.48.